The van der Waals surface area contributed by atoms with Crippen LogP contribution in [0.2, 0.25) is 0 Å². The normalized spacial score (nSPS) is 20.1. The molecule has 0 amide bonds. The number of ether oxygens (including phenoxy) is 2. The zero-order valence-electron chi connectivity index (χ0n) is 8.67. The van der Waals surface area contributed by atoms with Crippen molar-refractivity contribution in [1.29, 1.82) is 0 Å². The third-order valence-corrected chi connectivity index (χ3v) is 2.18. The number of carbonyl (C=O) groups is 2. The van der Waals surface area contributed by atoms with Crippen molar-refractivity contribution in [3.05, 3.63) is 0 Å². The minimum absolute atomic E-state index is 0.261. The Morgan fingerprint density at radius 3 is 2.29 bits per heavy atom. The van der Waals surface area contributed by atoms with Crippen molar-refractivity contribution in [2.75, 3.05) is 0 Å². The van der Waals surface area contributed by atoms with Gasteiger partial charge in [0.25, 0.3) is 5.79 Å². The van der Waals surface area contributed by atoms with Crippen molar-refractivity contribution in [1.82, 2.24) is 0 Å². The lowest BCUT2D eigenvalue weighted by atomic mass is 10.1. The molecule has 0 bridgehead atoms. The third kappa shape index (κ3) is 3.01. The molecule has 1 rings (SSSR count). The van der Waals surface area contributed by atoms with Gasteiger partial charge in [0, 0.05) is 13.3 Å². The molecule has 0 aromatic rings. The van der Waals surface area contributed by atoms with Gasteiger partial charge in [0.05, 0.1) is 0 Å². The van der Waals surface area contributed by atoms with Gasteiger partial charge >= 0.3 is 11.9 Å². The van der Waals surface area contributed by atoms with Gasteiger partial charge in [-0.15, -0.1) is 0 Å². The Labute approximate surface area is 83.6 Å². The summed E-state index contributed by atoms with van der Waals surface area (Å²) < 4.78 is 10.0. The first-order valence-corrected chi connectivity index (χ1v) is 4.99. The number of cyclic esters (lactones) is 2. The number of rotatable bonds is 4. The molecule has 0 radical (unpaired) electrons. The Bertz CT molecular complexity index is 218. The Balaban J connectivity index is 2.46. The molecule has 4 heteroatoms. The van der Waals surface area contributed by atoms with Crippen LogP contribution in [-0.2, 0) is 19.1 Å². The molecule has 1 fully saturated rings. The molecule has 1 aliphatic rings. The average Bonchev–Trinajstić information content (AvgIpc) is 2.01. The highest BCUT2D eigenvalue weighted by molar-refractivity contribution is 5.93. The van der Waals surface area contributed by atoms with Crippen molar-refractivity contribution >= 4 is 11.9 Å². The van der Waals surface area contributed by atoms with Crippen LogP contribution in [0, 0.1) is 0 Å². The number of unbranched alkanes of at least 4 members (excludes halogenated alkanes) is 2. The first-order valence-electron chi connectivity index (χ1n) is 4.99. The maximum absolute atomic E-state index is 11.0. The van der Waals surface area contributed by atoms with E-state index in [1.165, 1.54) is 0 Å². The van der Waals surface area contributed by atoms with Crippen LogP contribution in [0.1, 0.15) is 46.0 Å². The highest BCUT2D eigenvalue weighted by Crippen LogP contribution is 2.25. The van der Waals surface area contributed by atoms with Gasteiger partial charge < -0.3 is 9.47 Å². The van der Waals surface area contributed by atoms with Crippen LogP contribution in [0.4, 0.5) is 0 Å². The fraction of sp³-hybridized carbons (Fsp3) is 0.800. The molecule has 1 saturated heterocycles. The smallest absolute Gasteiger partial charge is 0.320 e. The predicted octanol–water partition coefficient (Wildman–Crippen LogP) is 1.77. The average molecular weight is 200 g/mol. The highest BCUT2D eigenvalue weighted by atomic mass is 16.7. The van der Waals surface area contributed by atoms with E-state index in [9.17, 15) is 9.59 Å². The summed E-state index contributed by atoms with van der Waals surface area (Å²) in [4.78, 5) is 22.0. The highest BCUT2D eigenvalue weighted by Gasteiger charge is 2.38. The van der Waals surface area contributed by atoms with E-state index < -0.39 is 17.7 Å². The minimum atomic E-state index is -1.03. The van der Waals surface area contributed by atoms with Crippen LogP contribution in [0.5, 0.6) is 0 Å². The second kappa shape index (κ2) is 4.44. The first kappa shape index (κ1) is 11.0. The van der Waals surface area contributed by atoms with Gasteiger partial charge in [-0.25, -0.2) is 0 Å². The van der Waals surface area contributed by atoms with Crippen LogP contribution in [0.3, 0.4) is 0 Å². The van der Waals surface area contributed by atoms with Gasteiger partial charge in [0.1, 0.15) is 6.42 Å². The molecule has 0 aromatic heterocycles. The van der Waals surface area contributed by atoms with Crippen molar-refractivity contribution in [3.63, 3.8) is 0 Å². The maximum Gasteiger partial charge on any atom is 0.320 e. The van der Waals surface area contributed by atoms with Gasteiger partial charge in [-0.1, -0.05) is 19.8 Å². The Morgan fingerprint density at radius 1 is 1.21 bits per heavy atom. The monoisotopic (exact) mass is 200 g/mol. The molecule has 0 aromatic carbocycles. The summed E-state index contributed by atoms with van der Waals surface area (Å²) in [5.41, 5.74) is 0. The van der Waals surface area contributed by atoms with Crippen molar-refractivity contribution in [2.45, 2.75) is 51.7 Å². The molecule has 14 heavy (non-hydrogen) atoms. The van der Waals surface area contributed by atoms with E-state index in [0.29, 0.717) is 6.42 Å². The van der Waals surface area contributed by atoms with Crippen molar-refractivity contribution in [3.8, 4) is 0 Å². The summed E-state index contributed by atoms with van der Waals surface area (Å²) in [7, 11) is 0. The van der Waals surface area contributed by atoms with E-state index in [4.69, 9.17) is 9.47 Å². The van der Waals surface area contributed by atoms with Crippen LogP contribution in [0.15, 0.2) is 0 Å². The first-order chi connectivity index (χ1) is 6.56. The maximum atomic E-state index is 11.0. The number of hydrogen-bond acceptors (Lipinski definition) is 4. The third-order valence-electron chi connectivity index (χ3n) is 2.18. The summed E-state index contributed by atoms with van der Waals surface area (Å²) in [6.45, 7) is 3.72. The van der Waals surface area contributed by atoms with E-state index in [-0.39, 0.29) is 6.42 Å². The number of esters is 2. The lowest BCUT2D eigenvalue weighted by Gasteiger charge is -2.32. The topological polar surface area (TPSA) is 52.6 Å². The summed E-state index contributed by atoms with van der Waals surface area (Å²) in [6, 6.07) is 0. The molecule has 0 aliphatic carbocycles. The SMILES string of the molecule is CCCCCC1(C)OC(=O)CC(=O)O1. The van der Waals surface area contributed by atoms with Gasteiger partial charge in [-0.05, 0) is 6.42 Å². The largest absolute Gasteiger partial charge is 0.422 e. The summed E-state index contributed by atoms with van der Waals surface area (Å²) in [5.74, 6) is -2.00. The predicted molar refractivity (Wildman–Crippen MR) is 49.3 cm³/mol. The molecule has 1 aliphatic heterocycles. The summed E-state index contributed by atoms with van der Waals surface area (Å²) in [5, 5.41) is 0. The number of carbonyl (C=O) groups excluding carboxylic acids is 2. The van der Waals surface area contributed by atoms with Crippen molar-refractivity contribution in [2.24, 2.45) is 0 Å². The Morgan fingerprint density at radius 2 is 1.79 bits per heavy atom. The summed E-state index contributed by atoms with van der Waals surface area (Å²) >= 11 is 0. The van der Waals surface area contributed by atoms with Gasteiger partial charge in [-0.2, -0.15) is 0 Å². The second-order valence-electron chi connectivity index (χ2n) is 3.72. The lowest BCUT2D eigenvalue weighted by molar-refractivity contribution is -0.239. The molecular weight excluding hydrogens is 184 g/mol. The Kier molecular flexibility index (Phi) is 3.49. The van der Waals surface area contributed by atoms with Crippen LogP contribution < -0.4 is 0 Å². The van der Waals surface area contributed by atoms with E-state index in [2.05, 4.69) is 6.92 Å². The Hall–Kier alpha value is -1.06. The summed E-state index contributed by atoms with van der Waals surface area (Å²) in [6.07, 6.45) is 3.35. The van der Waals surface area contributed by atoms with E-state index in [1.807, 2.05) is 0 Å². The molecule has 4 nitrogen and oxygen atoms in total. The van der Waals surface area contributed by atoms with Crippen molar-refractivity contribution < 1.29 is 19.1 Å². The quantitative estimate of drug-likeness (QED) is 0.394. The number of hydrogen-bond donors (Lipinski definition) is 0. The van der Waals surface area contributed by atoms with Crippen LogP contribution in [0.25, 0.3) is 0 Å². The van der Waals surface area contributed by atoms with Gasteiger partial charge in [0.15, 0.2) is 0 Å². The molecule has 1 heterocycles. The molecule has 0 spiro atoms. The molecular formula is C10H16O4. The zero-order valence-corrected chi connectivity index (χ0v) is 8.67. The molecule has 0 saturated carbocycles. The molecule has 0 atom stereocenters. The molecule has 80 valence electrons. The van der Waals surface area contributed by atoms with E-state index >= 15 is 0 Å². The standard InChI is InChI=1S/C10H16O4/c1-3-4-5-6-10(2)13-8(11)7-9(12)14-10/h3-7H2,1-2H3. The fourth-order valence-corrected chi connectivity index (χ4v) is 1.49. The van der Waals surface area contributed by atoms with Crippen LogP contribution >= 0.6 is 0 Å². The zero-order chi connectivity index (χ0) is 10.6. The van der Waals surface area contributed by atoms with Gasteiger partial charge in [-0.3, -0.25) is 9.59 Å². The molecule has 0 unspecified atom stereocenters. The lowest BCUT2D eigenvalue weighted by Crippen LogP contribution is -2.42. The van der Waals surface area contributed by atoms with Crippen LogP contribution in [-0.4, -0.2) is 17.7 Å². The van der Waals surface area contributed by atoms with Gasteiger partial charge in [0.2, 0.25) is 0 Å². The fourth-order valence-electron chi connectivity index (χ4n) is 1.49. The van der Waals surface area contributed by atoms with E-state index in [0.717, 1.165) is 19.3 Å². The molecule has 0 N–H and O–H groups in total. The minimum Gasteiger partial charge on any atom is -0.422 e. The second-order valence-corrected chi connectivity index (χ2v) is 3.72. The van der Waals surface area contributed by atoms with E-state index in [1.54, 1.807) is 6.92 Å².